The van der Waals surface area contributed by atoms with Crippen LogP contribution in [0.5, 0.6) is 0 Å². The molecular formula is C12H18N2OS. The predicted octanol–water partition coefficient (Wildman–Crippen LogP) is 1.63. The lowest BCUT2D eigenvalue weighted by atomic mass is 10.1. The van der Waals surface area contributed by atoms with Crippen molar-refractivity contribution in [3.8, 4) is 0 Å². The second-order valence-electron chi connectivity index (χ2n) is 4.14. The molecule has 0 saturated heterocycles. The zero-order valence-corrected chi connectivity index (χ0v) is 10.5. The lowest BCUT2D eigenvalue weighted by molar-refractivity contribution is -0.132. The molecule has 88 valence electrons. The van der Waals surface area contributed by atoms with Crippen molar-refractivity contribution < 1.29 is 4.79 Å². The van der Waals surface area contributed by atoms with Crippen molar-refractivity contribution >= 4 is 17.2 Å². The van der Waals surface area contributed by atoms with E-state index in [1.165, 1.54) is 10.4 Å². The third kappa shape index (κ3) is 2.62. The highest BCUT2D eigenvalue weighted by Crippen LogP contribution is 2.24. The number of nitrogens with zero attached hydrogens (tertiary/aromatic N) is 1. The first-order valence-electron chi connectivity index (χ1n) is 5.79. The minimum atomic E-state index is 0.298. The van der Waals surface area contributed by atoms with E-state index in [1.807, 2.05) is 23.3 Å². The van der Waals surface area contributed by atoms with Gasteiger partial charge in [-0.1, -0.05) is 0 Å². The lowest BCUT2D eigenvalue weighted by Gasteiger charge is -2.27. The first-order valence-corrected chi connectivity index (χ1v) is 6.67. The lowest BCUT2D eigenvalue weighted by Crippen LogP contribution is -2.35. The molecule has 2 heterocycles. The summed E-state index contributed by atoms with van der Waals surface area (Å²) in [6, 6.07) is 2.15. The van der Waals surface area contributed by atoms with E-state index in [-0.39, 0.29) is 0 Å². The number of hydrogen-bond acceptors (Lipinski definition) is 3. The molecule has 1 aliphatic heterocycles. The van der Waals surface area contributed by atoms with E-state index < -0.39 is 0 Å². The summed E-state index contributed by atoms with van der Waals surface area (Å²) in [7, 11) is 1.92. The maximum atomic E-state index is 11.9. The van der Waals surface area contributed by atoms with Crippen LogP contribution < -0.4 is 5.32 Å². The van der Waals surface area contributed by atoms with Crippen LogP contribution in [0.3, 0.4) is 0 Å². The molecule has 1 amide bonds. The van der Waals surface area contributed by atoms with Crippen molar-refractivity contribution in [2.45, 2.75) is 25.8 Å². The van der Waals surface area contributed by atoms with Gasteiger partial charge >= 0.3 is 0 Å². The topological polar surface area (TPSA) is 32.3 Å². The number of rotatable bonds is 4. The molecule has 0 atom stereocenters. The fraction of sp³-hybridized carbons (Fsp3) is 0.583. The summed E-state index contributed by atoms with van der Waals surface area (Å²) in [5.74, 6) is 0.298. The summed E-state index contributed by atoms with van der Waals surface area (Å²) in [5, 5.41) is 5.19. The zero-order valence-electron chi connectivity index (χ0n) is 9.66. The predicted molar refractivity (Wildman–Crippen MR) is 66.6 cm³/mol. The molecule has 0 spiro atoms. The first kappa shape index (κ1) is 11.6. The van der Waals surface area contributed by atoms with Crippen molar-refractivity contribution in [1.29, 1.82) is 0 Å². The summed E-state index contributed by atoms with van der Waals surface area (Å²) in [6.07, 6.45) is 2.63. The third-order valence-electron chi connectivity index (χ3n) is 2.98. The number of thiophene rings is 1. The van der Waals surface area contributed by atoms with E-state index >= 15 is 0 Å². The SMILES string of the molecule is CNCCCC(=O)N1CCc2sccc2C1. The van der Waals surface area contributed by atoms with E-state index in [0.717, 1.165) is 32.5 Å². The average molecular weight is 238 g/mol. The summed E-state index contributed by atoms with van der Waals surface area (Å²) in [6.45, 7) is 2.63. The molecular weight excluding hydrogens is 220 g/mol. The fourth-order valence-corrected chi connectivity index (χ4v) is 2.93. The second-order valence-corrected chi connectivity index (χ2v) is 5.14. The molecule has 3 nitrogen and oxygen atoms in total. The normalized spacial score (nSPS) is 14.9. The highest BCUT2D eigenvalue weighted by Gasteiger charge is 2.20. The van der Waals surface area contributed by atoms with E-state index in [1.54, 1.807) is 0 Å². The smallest absolute Gasteiger partial charge is 0.222 e. The van der Waals surface area contributed by atoms with Crippen molar-refractivity contribution in [1.82, 2.24) is 10.2 Å². The van der Waals surface area contributed by atoms with Gasteiger partial charge in [-0.3, -0.25) is 4.79 Å². The Balaban J connectivity index is 1.86. The molecule has 1 N–H and O–H groups in total. The quantitative estimate of drug-likeness (QED) is 0.809. The van der Waals surface area contributed by atoms with E-state index in [9.17, 15) is 4.79 Å². The van der Waals surface area contributed by atoms with E-state index in [0.29, 0.717) is 12.3 Å². The highest BCUT2D eigenvalue weighted by atomic mass is 32.1. The Labute approximate surface area is 100 Å². The molecule has 0 bridgehead atoms. The number of hydrogen-bond donors (Lipinski definition) is 1. The van der Waals surface area contributed by atoms with Crippen LogP contribution in [0.15, 0.2) is 11.4 Å². The van der Waals surface area contributed by atoms with Gasteiger partial charge in [-0.2, -0.15) is 0 Å². The minimum absolute atomic E-state index is 0.298. The Morgan fingerprint density at radius 1 is 1.62 bits per heavy atom. The molecule has 0 fully saturated rings. The molecule has 0 aliphatic carbocycles. The van der Waals surface area contributed by atoms with Crippen LogP contribution in [0.4, 0.5) is 0 Å². The van der Waals surface area contributed by atoms with Crippen molar-refractivity contribution in [2.24, 2.45) is 0 Å². The minimum Gasteiger partial charge on any atom is -0.338 e. The number of fused-ring (bicyclic) bond motifs is 1. The monoisotopic (exact) mass is 238 g/mol. The summed E-state index contributed by atoms with van der Waals surface area (Å²) < 4.78 is 0. The molecule has 2 rings (SSSR count). The average Bonchev–Trinajstić information content (AvgIpc) is 2.76. The number of nitrogens with one attached hydrogen (secondary N) is 1. The Morgan fingerprint density at radius 2 is 2.50 bits per heavy atom. The first-order chi connectivity index (χ1) is 7.81. The number of carbonyl (C=O) groups is 1. The zero-order chi connectivity index (χ0) is 11.4. The molecule has 0 unspecified atom stereocenters. The van der Waals surface area contributed by atoms with Crippen LogP contribution in [-0.2, 0) is 17.8 Å². The van der Waals surface area contributed by atoms with Gasteiger partial charge in [0.1, 0.15) is 0 Å². The van der Waals surface area contributed by atoms with Gasteiger partial charge in [0.15, 0.2) is 0 Å². The van der Waals surface area contributed by atoms with Gasteiger partial charge < -0.3 is 10.2 Å². The largest absolute Gasteiger partial charge is 0.338 e. The summed E-state index contributed by atoms with van der Waals surface area (Å²) in [4.78, 5) is 15.4. The molecule has 0 radical (unpaired) electrons. The van der Waals surface area contributed by atoms with Gasteiger partial charge in [0.2, 0.25) is 5.91 Å². The third-order valence-corrected chi connectivity index (χ3v) is 4.00. The summed E-state index contributed by atoms with van der Waals surface area (Å²) >= 11 is 1.81. The molecule has 0 saturated carbocycles. The Hall–Kier alpha value is -0.870. The van der Waals surface area contributed by atoms with Crippen LogP contribution in [0.25, 0.3) is 0 Å². The van der Waals surface area contributed by atoms with Crippen LogP contribution in [0.2, 0.25) is 0 Å². The second kappa shape index (κ2) is 5.46. The number of carbonyl (C=O) groups excluding carboxylic acids is 1. The van der Waals surface area contributed by atoms with E-state index in [2.05, 4.69) is 16.8 Å². The maximum Gasteiger partial charge on any atom is 0.222 e. The van der Waals surface area contributed by atoms with Gasteiger partial charge in [0.05, 0.1) is 0 Å². The molecule has 1 aromatic heterocycles. The maximum absolute atomic E-state index is 11.9. The van der Waals surface area contributed by atoms with Crippen LogP contribution >= 0.6 is 11.3 Å². The molecule has 1 aromatic rings. The molecule has 0 aromatic carbocycles. The van der Waals surface area contributed by atoms with Gasteiger partial charge in [0.25, 0.3) is 0 Å². The fourth-order valence-electron chi connectivity index (χ4n) is 2.04. The molecule has 1 aliphatic rings. The van der Waals surface area contributed by atoms with Gasteiger partial charge in [-0.25, -0.2) is 0 Å². The summed E-state index contributed by atoms with van der Waals surface area (Å²) in [5.41, 5.74) is 1.35. The Morgan fingerprint density at radius 3 is 3.31 bits per heavy atom. The van der Waals surface area contributed by atoms with Crippen LogP contribution in [-0.4, -0.2) is 30.9 Å². The van der Waals surface area contributed by atoms with E-state index in [4.69, 9.17) is 0 Å². The Kier molecular flexibility index (Phi) is 3.96. The van der Waals surface area contributed by atoms with Gasteiger partial charge in [-0.05, 0) is 43.4 Å². The van der Waals surface area contributed by atoms with Crippen molar-refractivity contribution in [3.05, 3.63) is 21.9 Å². The van der Waals surface area contributed by atoms with Gasteiger partial charge in [-0.15, -0.1) is 11.3 Å². The highest BCUT2D eigenvalue weighted by molar-refractivity contribution is 7.10. The van der Waals surface area contributed by atoms with Gasteiger partial charge in [0, 0.05) is 24.4 Å². The van der Waals surface area contributed by atoms with Crippen LogP contribution in [0, 0.1) is 0 Å². The van der Waals surface area contributed by atoms with Crippen molar-refractivity contribution in [3.63, 3.8) is 0 Å². The van der Waals surface area contributed by atoms with Crippen molar-refractivity contribution in [2.75, 3.05) is 20.1 Å². The Bertz CT molecular complexity index is 362. The number of amides is 1. The molecule has 16 heavy (non-hydrogen) atoms. The standard InChI is InChI=1S/C12H18N2OS/c1-13-6-2-3-12(15)14-7-4-11-10(9-14)5-8-16-11/h5,8,13H,2-4,6-7,9H2,1H3. The molecule has 4 heteroatoms. The van der Waals surface area contributed by atoms with Crippen LogP contribution in [0.1, 0.15) is 23.3 Å².